The highest BCUT2D eigenvalue weighted by atomic mass is 35.5. The van der Waals surface area contributed by atoms with Gasteiger partial charge in [0.1, 0.15) is 0 Å². The van der Waals surface area contributed by atoms with Gasteiger partial charge in [0.15, 0.2) is 0 Å². The van der Waals surface area contributed by atoms with Gasteiger partial charge in [-0.2, -0.15) is 13.2 Å². The van der Waals surface area contributed by atoms with Crippen molar-refractivity contribution < 1.29 is 13.2 Å². The Balaban J connectivity index is 0.00000112. The quantitative estimate of drug-likeness (QED) is 0.760. The second-order valence-corrected chi connectivity index (χ2v) is 4.52. The Morgan fingerprint density at radius 1 is 1.40 bits per heavy atom. The first-order valence-corrected chi connectivity index (χ1v) is 5.28. The monoisotopic (exact) mass is 257 g/mol. The van der Waals surface area contributed by atoms with Crippen LogP contribution in [0.3, 0.4) is 0 Å². The number of fused-ring (bicyclic) bond motifs is 1. The topological polar surface area (TPSA) is 26.0 Å². The lowest BCUT2D eigenvalue weighted by Crippen LogP contribution is -2.27. The highest BCUT2D eigenvalue weighted by Gasteiger charge is 2.36. The minimum atomic E-state index is -4.20. The van der Waals surface area contributed by atoms with E-state index in [-0.39, 0.29) is 18.4 Å². The maximum absolute atomic E-state index is 12.5. The first-order valence-electron chi connectivity index (χ1n) is 4.40. The summed E-state index contributed by atoms with van der Waals surface area (Å²) in [7, 11) is 0. The van der Waals surface area contributed by atoms with E-state index in [1.165, 1.54) is 16.7 Å². The normalized spacial score (nSPS) is 20.7. The maximum Gasteiger partial charge on any atom is 0.417 e. The molecule has 0 saturated carbocycles. The maximum atomic E-state index is 12.5. The van der Waals surface area contributed by atoms with E-state index in [1.807, 2.05) is 0 Å². The third kappa shape index (κ3) is 2.46. The predicted octanol–water partition coefficient (Wildman–Crippen LogP) is 3.00. The zero-order valence-corrected chi connectivity index (χ0v) is 9.44. The van der Waals surface area contributed by atoms with Crippen LogP contribution in [0.15, 0.2) is 5.38 Å². The SMILES string of the molecule is Cl.NC1CCc2c(C(F)(F)F)csc2C1. The van der Waals surface area contributed by atoms with Gasteiger partial charge in [0.05, 0.1) is 5.56 Å². The summed E-state index contributed by atoms with van der Waals surface area (Å²) in [6.45, 7) is 0. The number of rotatable bonds is 0. The Bertz CT molecular complexity index is 348. The molecule has 1 unspecified atom stereocenters. The molecule has 0 bridgehead atoms. The number of hydrogen-bond donors (Lipinski definition) is 1. The van der Waals surface area contributed by atoms with Crippen molar-refractivity contribution in [3.8, 4) is 0 Å². The van der Waals surface area contributed by atoms with E-state index < -0.39 is 11.7 Å². The van der Waals surface area contributed by atoms with Gasteiger partial charge in [-0.05, 0) is 24.8 Å². The number of alkyl halides is 3. The molecule has 0 spiro atoms. The number of nitrogens with two attached hydrogens (primary N) is 1. The average molecular weight is 258 g/mol. The van der Waals surface area contributed by atoms with Gasteiger partial charge < -0.3 is 5.73 Å². The third-order valence-corrected chi connectivity index (χ3v) is 3.55. The van der Waals surface area contributed by atoms with E-state index in [0.29, 0.717) is 24.8 Å². The van der Waals surface area contributed by atoms with E-state index in [1.54, 1.807) is 0 Å². The molecule has 1 aliphatic carbocycles. The van der Waals surface area contributed by atoms with Gasteiger partial charge in [-0.3, -0.25) is 0 Å². The number of hydrogen-bond acceptors (Lipinski definition) is 2. The molecule has 6 heteroatoms. The van der Waals surface area contributed by atoms with Crippen LogP contribution < -0.4 is 5.73 Å². The van der Waals surface area contributed by atoms with E-state index >= 15 is 0 Å². The molecule has 0 amide bonds. The molecule has 0 aliphatic heterocycles. The molecule has 1 aliphatic rings. The molecule has 15 heavy (non-hydrogen) atoms. The molecule has 0 radical (unpaired) electrons. The Morgan fingerprint density at radius 2 is 2.07 bits per heavy atom. The molecule has 0 saturated heterocycles. The zero-order valence-electron chi connectivity index (χ0n) is 7.80. The molecular formula is C9H11ClF3NS. The average Bonchev–Trinajstić information content (AvgIpc) is 2.45. The number of thiophene rings is 1. The molecule has 2 rings (SSSR count). The lowest BCUT2D eigenvalue weighted by atomic mass is 9.92. The summed E-state index contributed by atoms with van der Waals surface area (Å²) in [6.07, 6.45) is -2.48. The third-order valence-electron chi connectivity index (χ3n) is 2.50. The summed E-state index contributed by atoms with van der Waals surface area (Å²) in [5.74, 6) is 0. The summed E-state index contributed by atoms with van der Waals surface area (Å²) < 4.78 is 37.4. The van der Waals surface area contributed by atoms with Crippen molar-refractivity contribution in [2.45, 2.75) is 31.5 Å². The van der Waals surface area contributed by atoms with Crippen molar-refractivity contribution in [1.82, 2.24) is 0 Å². The van der Waals surface area contributed by atoms with Crippen LogP contribution in [-0.4, -0.2) is 6.04 Å². The first kappa shape index (κ1) is 12.8. The summed E-state index contributed by atoms with van der Waals surface area (Å²) >= 11 is 1.18. The minimum absolute atomic E-state index is 0. The van der Waals surface area contributed by atoms with E-state index in [9.17, 15) is 13.2 Å². The van der Waals surface area contributed by atoms with Gasteiger partial charge in [-0.1, -0.05) is 0 Å². The van der Waals surface area contributed by atoms with Gasteiger partial charge in [0, 0.05) is 16.3 Å². The molecule has 1 nitrogen and oxygen atoms in total. The molecule has 0 fully saturated rings. The second kappa shape index (κ2) is 4.31. The van der Waals surface area contributed by atoms with Gasteiger partial charge in [0.25, 0.3) is 0 Å². The van der Waals surface area contributed by atoms with E-state index in [2.05, 4.69) is 0 Å². The minimum Gasteiger partial charge on any atom is -0.327 e. The smallest absolute Gasteiger partial charge is 0.327 e. The molecule has 1 heterocycles. The summed E-state index contributed by atoms with van der Waals surface area (Å²) in [6, 6.07) is 0.0298. The van der Waals surface area contributed by atoms with Crippen molar-refractivity contribution in [3.05, 3.63) is 21.4 Å². The Hall–Kier alpha value is -0.260. The summed E-state index contributed by atoms with van der Waals surface area (Å²) in [4.78, 5) is 0.816. The van der Waals surface area contributed by atoms with Crippen LogP contribution >= 0.6 is 23.7 Å². The molecule has 0 aromatic carbocycles. The second-order valence-electron chi connectivity index (χ2n) is 3.55. The Labute approximate surface area is 95.9 Å². The summed E-state index contributed by atoms with van der Waals surface area (Å²) in [5, 5.41) is 1.21. The van der Waals surface area contributed by atoms with E-state index in [0.717, 1.165) is 4.88 Å². The first-order chi connectivity index (χ1) is 6.48. The molecule has 1 atom stereocenters. The largest absolute Gasteiger partial charge is 0.417 e. The molecule has 86 valence electrons. The number of halogens is 4. The van der Waals surface area contributed by atoms with Gasteiger partial charge in [-0.25, -0.2) is 0 Å². The van der Waals surface area contributed by atoms with Crippen LogP contribution in [0.4, 0.5) is 13.2 Å². The van der Waals surface area contributed by atoms with Crippen molar-refractivity contribution in [1.29, 1.82) is 0 Å². The predicted molar refractivity (Wildman–Crippen MR) is 56.6 cm³/mol. The standard InChI is InChI=1S/C9H10F3NS.ClH/c10-9(11,12)7-4-14-8-3-5(13)1-2-6(7)8;/h4-5H,1-3,13H2;1H. The van der Waals surface area contributed by atoms with Crippen LogP contribution in [0.1, 0.15) is 22.4 Å². The molecule has 1 aromatic heterocycles. The van der Waals surface area contributed by atoms with Crippen LogP contribution in [0, 0.1) is 0 Å². The Morgan fingerprint density at radius 3 is 2.67 bits per heavy atom. The van der Waals surface area contributed by atoms with Crippen molar-refractivity contribution in [2.75, 3.05) is 0 Å². The lowest BCUT2D eigenvalue weighted by Gasteiger charge is -2.19. The fourth-order valence-corrected chi connectivity index (χ4v) is 2.98. The lowest BCUT2D eigenvalue weighted by molar-refractivity contribution is -0.138. The highest BCUT2D eigenvalue weighted by Crippen LogP contribution is 2.39. The molecule has 1 aromatic rings. The van der Waals surface area contributed by atoms with Gasteiger partial charge in [0.2, 0.25) is 0 Å². The Kier molecular flexibility index (Phi) is 3.68. The molecule has 2 N–H and O–H groups in total. The van der Waals surface area contributed by atoms with Crippen molar-refractivity contribution in [3.63, 3.8) is 0 Å². The fourth-order valence-electron chi connectivity index (χ4n) is 1.78. The fraction of sp³-hybridized carbons (Fsp3) is 0.556. The van der Waals surface area contributed by atoms with Crippen LogP contribution in [0.2, 0.25) is 0 Å². The summed E-state index contributed by atoms with van der Waals surface area (Å²) in [5.41, 5.74) is 5.72. The van der Waals surface area contributed by atoms with Crippen molar-refractivity contribution in [2.24, 2.45) is 5.73 Å². The van der Waals surface area contributed by atoms with E-state index in [4.69, 9.17) is 5.73 Å². The highest BCUT2D eigenvalue weighted by molar-refractivity contribution is 7.10. The van der Waals surface area contributed by atoms with Crippen molar-refractivity contribution >= 4 is 23.7 Å². The van der Waals surface area contributed by atoms with Crippen LogP contribution in [0.25, 0.3) is 0 Å². The zero-order chi connectivity index (χ0) is 10.3. The molecular weight excluding hydrogens is 247 g/mol. The van der Waals surface area contributed by atoms with Gasteiger partial charge >= 0.3 is 6.18 Å². The van der Waals surface area contributed by atoms with Crippen LogP contribution in [-0.2, 0) is 19.0 Å². The van der Waals surface area contributed by atoms with Gasteiger partial charge in [-0.15, -0.1) is 23.7 Å². The van der Waals surface area contributed by atoms with Crippen LogP contribution in [0.5, 0.6) is 0 Å².